The van der Waals surface area contributed by atoms with Crippen molar-refractivity contribution in [3.63, 3.8) is 0 Å². The summed E-state index contributed by atoms with van der Waals surface area (Å²) in [6, 6.07) is 7.61. The molecule has 1 aromatic carbocycles. The molecule has 1 fully saturated rings. The summed E-state index contributed by atoms with van der Waals surface area (Å²) in [6.45, 7) is 3.93. The number of sulfone groups is 1. The average molecular weight is 303 g/mol. The van der Waals surface area contributed by atoms with Crippen LogP contribution in [-0.2, 0) is 9.84 Å². The summed E-state index contributed by atoms with van der Waals surface area (Å²) in [5, 5.41) is -0.270. The molecule has 2 atom stereocenters. The third-order valence-electron chi connectivity index (χ3n) is 3.23. The van der Waals surface area contributed by atoms with Crippen LogP contribution in [0, 0.1) is 5.92 Å². The number of halogens is 1. The third kappa shape index (κ3) is 3.86. The Morgan fingerprint density at radius 3 is 2.68 bits per heavy atom. The topological polar surface area (TPSA) is 43.4 Å². The molecule has 1 aliphatic heterocycles. The van der Waals surface area contributed by atoms with Crippen molar-refractivity contribution >= 4 is 21.4 Å². The van der Waals surface area contributed by atoms with Gasteiger partial charge >= 0.3 is 0 Å². The number of ether oxygens (including phenoxy) is 1. The van der Waals surface area contributed by atoms with Gasteiger partial charge in [-0.25, -0.2) is 8.42 Å². The van der Waals surface area contributed by atoms with Gasteiger partial charge in [-0.15, -0.1) is 11.6 Å². The average Bonchev–Trinajstić information content (AvgIpc) is 2.68. The maximum atomic E-state index is 11.5. The molecule has 0 spiro atoms. The molecule has 2 rings (SSSR count). The smallest absolute Gasteiger partial charge is 0.150 e. The third-order valence-corrected chi connectivity index (χ3v) is 5.63. The van der Waals surface area contributed by atoms with Gasteiger partial charge in [0.25, 0.3) is 0 Å². The Bertz CT molecular complexity index is 539. The second-order valence-corrected chi connectivity index (χ2v) is 8.00. The quantitative estimate of drug-likeness (QED) is 0.802. The molecular weight excluding hydrogens is 284 g/mol. The predicted octanol–water partition coefficient (Wildman–Crippen LogP) is 3.19. The first-order valence-electron chi connectivity index (χ1n) is 6.48. The maximum absolute atomic E-state index is 11.5. The van der Waals surface area contributed by atoms with Crippen LogP contribution in [0.5, 0.6) is 5.75 Å². The molecular formula is C14H19ClO3S. The number of alkyl halides is 1. The van der Waals surface area contributed by atoms with Crippen molar-refractivity contribution in [1.29, 1.82) is 0 Å². The highest BCUT2D eigenvalue weighted by Crippen LogP contribution is 2.37. The summed E-state index contributed by atoms with van der Waals surface area (Å²) >= 11 is 6.43. The van der Waals surface area contributed by atoms with E-state index in [1.54, 1.807) is 0 Å². The molecule has 2 unspecified atom stereocenters. The van der Waals surface area contributed by atoms with Crippen LogP contribution in [0.15, 0.2) is 24.3 Å². The van der Waals surface area contributed by atoms with Gasteiger partial charge in [-0.3, -0.25) is 0 Å². The minimum Gasteiger partial charge on any atom is -0.491 e. The van der Waals surface area contributed by atoms with E-state index < -0.39 is 9.84 Å². The van der Waals surface area contributed by atoms with Crippen molar-refractivity contribution in [3.8, 4) is 5.75 Å². The number of hydrogen-bond donors (Lipinski definition) is 0. The zero-order chi connectivity index (χ0) is 14.0. The van der Waals surface area contributed by atoms with E-state index in [1.807, 2.05) is 38.1 Å². The Morgan fingerprint density at radius 2 is 2.11 bits per heavy atom. The zero-order valence-corrected chi connectivity index (χ0v) is 12.7. The SMILES string of the molecule is CC(C)Oc1cccc(C(Cl)C2CCS(=O)(=O)C2)c1. The van der Waals surface area contributed by atoms with E-state index >= 15 is 0 Å². The van der Waals surface area contributed by atoms with E-state index in [9.17, 15) is 8.42 Å². The van der Waals surface area contributed by atoms with Gasteiger partial charge in [0.15, 0.2) is 9.84 Å². The first-order valence-corrected chi connectivity index (χ1v) is 8.74. The molecule has 0 radical (unpaired) electrons. The summed E-state index contributed by atoms with van der Waals surface area (Å²) in [5.41, 5.74) is 0.932. The van der Waals surface area contributed by atoms with E-state index in [2.05, 4.69) is 0 Å². The summed E-state index contributed by atoms with van der Waals surface area (Å²) in [4.78, 5) is 0. The van der Waals surface area contributed by atoms with Crippen molar-refractivity contribution in [3.05, 3.63) is 29.8 Å². The highest BCUT2D eigenvalue weighted by Gasteiger charge is 2.33. The first-order chi connectivity index (χ1) is 8.87. The molecule has 5 heteroatoms. The molecule has 1 aromatic rings. The predicted molar refractivity (Wildman–Crippen MR) is 77.6 cm³/mol. The second-order valence-electron chi connectivity index (χ2n) is 5.30. The lowest BCUT2D eigenvalue weighted by Gasteiger charge is -2.17. The van der Waals surface area contributed by atoms with Crippen molar-refractivity contribution in [2.45, 2.75) is 31.7 Å². The van der Waals surface area contributed by atoms with E-state index in [0.717, 1.165) is 11.3 Å². The Labute approximate surface area is 119 Å². The van der Waals surface area contributed by atoms with Crippen LogP contribution in [0.1, 0.15) is 31.2 Å². The van der Waals surface area contributed by atoms with E-state index in [1.165, 1.54) is 0 Å². The minimum absolute atomic E-state index is 0.000895. The van der Waals surface area contributed by atoms with Crippen molar-refractivity contribution < 1.29 is 13.2 Å². The van der Waals surface area contributed by atoms with Crippen LogP contribution in [0.2, 0.25) is 0 Å². The van der Waals surface area contributed by atoms with Gasteiger partial charge in [-0.05, 0) is 43.9 Å². The first kappa shape index (κ1) is 14.7. The van der Waals surface area contributed by atoms with Crippen LogP contribution in [0.25, 0.3) is 0 Å². The minimum atomic E-state index is -2.89. The van der Waals surface area contributed by atoms with Crippen LogP contribution < -0.4 is 4.74 Å². The van der Waals surface area contributed by atoms with Crippen molar-refractivity contribution in [1.82, 2.24) is 0 Å². The maximum Gasteiger partial charge on any atom is 0.150 e. The summed E-state index contributed by atoms with van der Waals surface area (Å²) < 4.78 is 28.6. The monoisotopic (exact) mass is 302 g/mol. The fourth-order valence-corrected chi connectivity index (χ4v) is 4.65. The van der Waals surface area contributed by atoms with Gasteiger partial charge in [-0.2, -0.15) is 0 Å². The fraction of sp³-hybridized carbons (Fsp3) is 0.571. The Hall–Kier alpha value is -0.740. The van der Waals surface area contributed by atoms with Crippen LogP contribution >= 0.6 is 11.6 Å². The lowest BCUT2D eigenvalue weighted by molar-refractivity contribution is 0.242. The Morgan fingerprint density at radius 1 is 1.37 bits per heavy atom. The fourth-order valence-electron chi connectivity index (χ4n) is 2.36. The van der Waals surface area contributed by atoms with Gasteiger partial charge in [-0.1, -0.05) is 12.1 Å². The Balaban J connectivity index is 2.13. The molecule has 0 aromatic heterocycles. The van der Waals surface area contributed by atoms with Gasteiger partial charge in [0.2, 0.25) is 0 Å². The largest absolute Gasteiger partial charge is 0.491 e. The highest BCUT2D eigenvalue weighted by atomic mass is 35.5. The van der Waals surface area contributed by atoms with Gasteiger partial charge < -0.3 is 4.74 Å². The van der Waals surface area contributed by atoms with Gasteiger partial charge in [0, 0.05) is 0 Å². The van der Waals surface area contributed by atoms with Crippen LogP contribution in [0.4, 0.5) is 0 Å². The summed E-state index contributed by atoms with van der Waals surface area (Å²) in [5.74, 6) is 1.22. The molecule has 1 aliphatic rings. The lowest BCUT2D eigenvalue weighted by atomic mass is 9.98. The molecule has 106 valence electrons. The molecule has 1 heterocycles. The molecule has 1 saturated heterocycles. The summed E-state index contributed by atoms with van der Waals surface area (Å²) in [6.07, 6.45) is 0.752. The molecule has 0 aliphatic carbocycles. The lowest BCUT2D eigenvalue weighted by Crippen LogP contribution is -2.11. The molecule has 3 nitrogen and oxygen atoms in total. The van der Waals surface area contributed by atoms with Crippen molar-refractivity contribution in [2.24, 2.45) is 5.92 Å². The molecule has 0 saturated carbocycles. The van der Waals surface area contributed by atoms with Gasteiger partial charge in [0.1, 0.15) is 5.75 Å². The normalized spacial score (nSPS) is 23.5. The van der Waals surface area contributed by atoms with Crippen LogP contribution in [-0.4, -0.2) is 26.0 Å². The number of hydrogen-bond acceptors (Lipinski definition) is 3. The van der Waals surface area contributed by atoms with Crippen LogP contribution in [0.3, 0.4) is 0 Å². The molecule has 0 amide bonds. The Kier molecular flexibility index (Phi) is 4.41. The highest BCUT2D eigenvalue weighted by molar-refractivity contribution is 7.91. The van der Waals surface area contributed by atoms with E-state index in [-0.39, 0.29) is 28.9 Å². The second kappa shape index (κ2) is 5.71. The number of benzene rings is 1. The van der Waals surface area contributed by atoms with E-state index in [4.69, 9.17) is 16.3 Å². The van der Waals surface area contributed by atoms with E-state index in [0.29, 0.717) is 6.42 Å². The number of rotatable bonds is 4. The standard InChI is InChI=1S/C14H19ClO3S/c1-10(2)18-13-5-3-4-11(8-13)14(15)12-6-7-19(16,17)9-12/h3-5,8,10,12,14H,6-7,9H2,1-2H3. The summed E-state index contributed by atoms with van der Waals surface area (Å²) in [7, 11) is -2.89. The van der Waals surface area contributed by atoms with Gasteiger partial charge in [0.05, 0.1) is 23.0 Å². The molecule has 0 bridgehead atoms. The molecule has 19 heavy (non-hydrogen) atoms. The zero-order valence-electron chi connectivity index (χ0n) is 11.2. The van der Waals surface area contributed by atoms with Crippen molar-refractivity contribution in [2.75, 3.05) is 11.5 Å². The molecule has 0 N–H and O–H groups in total.